The zero-order valence-corrected chi connectivity index (χ0v) is 11.1. The number of benzene rings is 2. The highest BCUT2D eigenvalue weighted by atomic mass is 19.1. The molecule has 0 aliphatic rings. The summed E-state index contributed by atoms with van der Waals surface area (Å²) in [7, 11) is 1.64. The number of halogens is 1. The lowest BCUT2D eigenvalue weighted by atomic mass is 10.1. The van der Waals surface area contributed by atoms with Gasteiger partial charge in [-0.3, -0.25) is 10.6 Å². The number of rotatable bonds is 4. The van der Waals surface area contributed by atoms with Crippen LogP contribution in [0.15, 0.2) is 48.5 Å². The molecule has 0 fully saturated rings. The standard InChI is InChI=1S/C15H16FN3O/c1-19(10-12-4-2-3-5-14(12)16)15(20)11-6-8-13(18-17)9-7-11/h2-9,18H,10,17H2,1H3. The van der Waals surface area contributed by atoms with Gasteiger partial charge in [0, 0.05) is 30.4 Å². The number of carbonyl (C=O) groups is 1. The molecule has 0 aliphatic heterocycles. The number of hydrogen-bond donors (Lipinski definition) is 2. The summed E-state index contributed by atoms with van der Waals surface area (Å²) in [5.74, 6) is 4.79. The lowest BCUT2D eigenvalue weighted by Gasteiger charge is -2.18. The van der Waals surface area contributed by atoms with Crippen LogP contribution in [0.25, 0.3) is 0 Å². The quantitative estimate of drug-likeness (QED) is 0.664. The minimum Gasteiger partial charge on any atom is -0.337 e. The summed E-state index contributed by atoms with van der Waals surface area (Å²) >= 11 is 0. The van der Waals surface area contributed by atoms with Gasteiger partial charge in [-0.1, -0.05) is 18.2 Å². The first-order valence-corrected chi connectivity index (χ1v) is 6.17. The molecule has 0 aliphatic carbocycles. The van der Waals surface area contributed by atoms with Crippen molar-refractivity contribution in [3.8, 4) is 0 Å². The Labute approximate surface area is 117 Å². The maximum absolute atomic E-state index is 13.6. The molecule has 0 radical (unpaired) electrons. The normalized spacial score (nSPS) is 10.2. The van der Waals surface area contributed by atoms with Crippen LogP contribution >= 0.6 is 0 Å². The number of amides is 1. The first kappa shape index (κ1) is 14.0. The molecule has 2 aromatic carbocycles. The minimum absolute atomic E-state index is 0.170. The predicted octanol–water partition coefficient (Wildman–Crippen LogP) is 2.38. The first-order chi connectivity index (χ1) is 9.61. The van der Waals surface area contributed by atoms with E-state index in [0.717, 1.165) is 5.69 Å². The Morgan fingerprint density at radius 3 is 2.45 bits per heavy atom. The molecule has 0 spiro atoms. The van der Waals surface area contributed by atoms with Gasteiger partial charge in [0.1, 0.15) is 5.82 Å². The van der Waals surface area contributed by atoms with Crippen molar-refractivity contribution >= 4 is 11.6 Å². The third-order valence-electron chi connectivity index (χ3n) is 3.01. The van der Waals surface area contributed by atoms with Crippen LogP contribution in [0.5, 0.6) is 0 Å². The Balaban J connectivity index is 2.10. The van der Waals surface area contributed by atoms with Crippen molar-refractivity contribution in [3.05, 3.63) is 65.5 Å². The van der Waals surface area contributed by atoms with Gasteiger partial charge in [0.25, 0.3) is 5.91 Å². The Bertz CT molecular complexity index is 598. The molecule has 5 heteroatoms. The summed E-state index contributed by atoms with van der Waals surface area (Å²) in [6.45, 7) is 0.225. The van der Waals surface area contributed by atoms with Crippen molar-refractivity contribution in [1.82, 2.24) is 4.90 Å². The average molecular weight is 273 g/mol. The van der Waals surface area contributed by atoms with Gasteiger partial charge in [0.05, 0.1) is 0 Å². The summed E-state index contributed by atoms with van der Waals surface area (Å²) in [5.41, 5.74) is 4.24. The zero-order valence-electron chi connectivity index (χ0n) is 11.1. The molecule has 0 saturated carbocycles. The maximum atomic E-state index is 13.6. The van der Waals surface area contributed by atoms with Crippen LogP contribution < -0.4 is 11.3 Å². The fraction of sp³-hybridized carbons (Fsp3) is 0.133. The van der Waals surface area contributed by atoms with Gasteiger partial charge in [-0.05, 0) is 30.3 Å². The molecule has 3 N–H and O–H groups in total. The van der Waals surface area contributed by atoms with Crippen LogP contribution in [0.1, 0.15) is 15.9 Å². The van der Waals surface area contributed by atoms with Crippen molar-refractivity contribution in [2.24, 2.45) is 5.84 Å². The van der Waals surface area contributed by atoms with E-state index in [2.05, 4.69) is 5.43 Å². The summed E-state index contributed by atoms with van der Waals surface area (Å²) in [6, 6.07) is 13.2. The highest BCUT2D eigenvalue weighted by molar-refractivity contribution is 5.94. The van der Waals surface area contributed by atoms with Crippen LogP contribution in [0, 0.1) is 5.82 Å². The zero-order chi connectivity index (χ0) is 14.5. The van der Waals surface area contributed by atoms with Crippen LogP contribution in [-0.2, 0) is 6.54 Å². The molecule has 0 atom stereocenters. The number of nitrogens with two attached hydrogens (primary N) is 1. The number of hydrazine groups is 1. The fourth-order valence-electron chi connectivity index (χ4n) is 1.88. The lowest BCUT2D eigenvalue weighted by molar-refractivity contribution is 0.0784. The van der Waals surface area contributed by atoms with Crippen molar-refractivity contribution < 1.29 is 9.18 Å². The van der Waals surface area contributed by atoms with Gasteiger partial charge in [0.15, 0.2) is 0 Å². The maximum Gasteiger partial charge on any atom is 0.253 e. The van der Waals surface area contributed by atoms with E-state index in [1.807, 2.05) is 0 Å². The minimum atomic E-state index is -0.310. The van der Waals surface area contributed by atoms with E-state index < -0.39 is 0 Å². The Morgan fingerprint density at radius 1 is 1.20 bits per heavy atom. The molecule has 20 heavy (non-hydrogen) atoms. The van der Waals surface area contributed by atoms with Crippen molar-refractivity contribution in [2.45, 2.75) is 6.54 Å². The Hall–Kier alpha value is -2.40. The highest BCUT2D eigenvalue weighted by Gasteiger charge is 2.13. The SMILES string of the molecule is CN(Cc1ccccc1F)C(=O)c1ccc(NN)cc1. The van der Waals surface area contributed by atoms with E-state index in [-0.39, 0.29) is 18.3 Å². The van der Waals surface area contributed by atoms with Crippen LogP contribution in [0.2, 0.25) is 0 Å². The molecule has 0 unspecified atom stereocenters. The van der Waals surface area contributed by atoms with Crippen LogP contribution in [0.4, 0.5) is 10.1 Å². The van der Waals surface area contributed by atoms with Gasteiger partial charge >= 0.3 is 0 Å². The summed E-state index contributed by atoms with van der Waals surface area (Å²) in [5, 5.41) is 0. The predicted molar refractivity (Wildman–Crippen MR) is 76.4 cm³/mol. The molecule has 104 valence electrons. The largest absolute Gasteiger partial charge is 0.337 e. The van der Waals surface area contributed by atoms with E-state index in [0.29, 0.717) is 11.1 Å². The number of nitrogens with one attached hydrogen (secondary N) is 1. The van der Waals surface area contributed by atoms with Gasteiger partial charge < -0.3 is 10.3 Å². The second-order valence-electron chi connectivity index (χ2n) is 4.47. The summed E-state index contributed by atoms with van der Waals surface area (Å²) in [4.78, 5) is 13.7. The van der Waals surface area contributed by atoms with Crippen molar-refractivity contribution in [1.29, 1.82) is 0 Å². The number of nitrogen functional groups attached to an aromatic ring is 1. The monoisotopic (exact) mass is 273 g/mol. The van der Waals surface area contributed by atoms with Crippen molar-refractivity contribution in [2.75, 3.05) is 12.5 Å². The highest BCUT2D eigenvalue weighted by Crippen LogP contribution is 2.13. The summed E-state index contributed by atoms with van der Waals surface area (Å²) < 4.78 is 13.6. The van der Waals surface area contributed by atoms with Crippen molar-refractivity contribution in [3.63, 3.8) is 0 Å². The fourth-order valence-corrected chi connectivity index (χ4v) is 1.88. The Kier molecular flexibility index (Phi) is 4.32. The molecule has 0 aromatic heterocycles. The van der Waals surface area contributed by atoms with Gasteiger partial charge in [-0.15, -0.1) is 0 Å². The van der Waals surface area contributed by atoms with E-state index in [1.54, 1.807) is 49.5 Å². The lowest BCUT2D eigenvalue weighted by Crippen LogP contribution is -2.26. The third kappa shape index (κ3) is 3.13. The molecule has 4 nitrogen and oxygen atoms in total. The molecule has 0 bridgehead atoms. The molecular formula is C15H16FN3O. The topological polar surface area (TPSA) is 58.4 Å². The molecule has 2 aromatic rings. The summed E-state index contributed by atoms with van der Waals surface area (Å²) in [6.07, 6.45) is 0. The first-order valence-electron chi connectivity index (χ1n) is 6.17. The average Bonchev–Trinajstić information content (AvgIpc) is 2.49. The molecule has 1 amide bonds. The smallest absolute Gasteiger partial charge is 0.253 e. The van der Waals surface area contributed by atoms with E-state index in [9.17, 15) is 9.18 Å². The van der Waals surface area contributed by atoms with Gasteiger partial charge in [0.2, 0.25) is 0 Å². The molecule has 0 saturated heterocycles. The number of hydrogen-bond acceptors (Lipinski definition) is 3. The van der Waals surface area contributed by atoms with E-state index in [1.165, 1.54) is 11.0 Å². The molecule has 2 rings (SSSR count). The van der Waals surface area contributed by atoms with Gasteiger partial charge in [-0.25, -0.2) is 4.39 Å². The third-order valence-corrected chi connectivity index (χ3v) is 3.01. The van der Waals surface area contributed by atoms with Crippen LogP contribution in [-0.4, -0.2) is 17.9 Å². The van der Waals surface area contributed by atoms with E-state index >= 15 is 0 Å². The second kappa shape index (κ2) is 6.16. The number of carbonyl (C=O) groups excluding carboxylic acids is 1. The van der Waals surface area contributed by atoms with Crippen LogP contribution in [0.3, 0.4) is 0 Å². The van der Waals surface area contributed by atoms with E-state index in [4.69, 9.17) is 5.84 Å². The number of anilines is 1. The Morgan fingerprint density at radius 2 is 1.85 bits per heavy atom. The van der Waals surface area contributed by atoms with Gasteiger partial charge in [-0.2, -0.15) is 0 Å². The molecular weight excluding hydrogens is 257 g/mol. The molecule has 0 heterocycles. The number of nitrogens with zero attached hydrogens (tertiary/aromatic N) is 1. The second-order valence-corrected chi connectivity index (χ2v) is 4.47.